The molecular weight excluding hydrogens is 450 g/mol. The lowest BCUT2D eigenvalue weighted by atomic mass is 9.98. The van der Waals surface area contributed by atoms with Crippen LogP contribution in [-0.4, -0.2) is 42.0 Å². The average Bonchev–Trinajstić information content (AvgIpc) is 3.37. The molecule has 5 N–H and O–H groups in total. The van der Waals surface area contributed by atoms with E-state index >= 15 is 0 Å². The second-order valence-corrected chi connectivity index (χ2v) is 8.69. The van der Waals surface area contributed by atoms with Gasteiger partial charge in [-0.15, -0.1) is 0 Å². The van der Waals surface area contributed by atoms with Gasteiger partial charge < -0.3 is 15.9 Å². The Hall–Kier alpha value is -3.56. The first-order chi connectivity index (χ1) is 16.9. The van der Waals surface area contributed by atoms with Crippen molar-refractivity contribution in [3.63, 3.8) is 0 Å². The molecule has 9 heteroatoms. The first-order valence-corrected chi connectivity index (χ1v) is 11.6. The molecule has 4 rings (SSSR count). The van der Waals surface area contributed by atoms with Crippen LogP contribution in [0.4, 0.5) is 20.3 Å². The van der Waals surface area contributed by atoms with Crippen LogP contribution in [0.5, 0.6) is 5.75 Å². The van der Waals surface area contributed by atoms with Crippen molar-refractivity contribution in [3.05, 3.63) is 70.9 Å². The summed E-state index contributed by atoms with van der Waals surface area (Å²) in [5, 5.41) is 0. The average molecular weight is 481 g/mol. The molecule has 0 saturated carbocycles. The number of nitrogens with zero attached hydrogens (tertiary/aromatic N) is 3. The van der Waals surface area contributed by atoms with Crippen molar-refractivity contribution in [1.29, 1.82) is 0 Å². The number of nitrogens with two attached hydrogens (primary N) is 2. The number of hydrogen-bond acceptors (Lipinski definition) is 6. The SMILES string of the molecule is Cc1ccc(C)c(-c2cnc(N)c(C(=Nc3ccc(OCCN4CCCC4)c(F)c3F)NN)c2)c1. The van der Waals surface area contributed by atoms with Crippen molar-refractivity contribution < 1.29 is 13.5 Å². The van der Waals surface area contributed by atoms with Crippen molar-refractivity contribution in [2.24, 2.45) is 10.8 Å². The van der Waals surface area contributed by atoms with Gasteiger partial charge in [-0.1, -0.05) is 23.8 Å². The third-order valence-electron chi connectivity index (χ3n) is 6.14. The van der Waals surface area contributed by atoms with Crippen LogP contribution < -0.4 is 21.7 Å². The standard InChI is InChI=1S/C26H30F2N6O/c1-16-5-6-17(2)19(13-16)18-14-20(25(29)31-15-18)26(33-30)32-21-7-8-22(24(28)23(21)27)35-12-11-34-9-3-4-10-34/h5-8,13-15H,3-4,9-12,30H2,1-2H3,(H2,29,31)(H,32,33). The predicted octanol–water partition coefficient (Wildman–Crippen LogP) is 4.24. The fourth-order valence-electron chi connectivity index (χ4n) is 4.16. The summed E-state index contributed by atoms with van der Waals surface area (Å²) in [5.41, 5.74) is 12.6. The lowest BCUT2D eigenvalue weighted by molar-refractivity contribution is 0.229. The van der Waals surface area contributed by atoms with Crippen LogP contribution in [0.15, 0.2) is 47.6 Å². The van der Waals surface area contributed by atoms with Crippen molar-refractivity contribution in [2.45, 2.75) is 26.7 Å². The highest BCUT2D eigenvalue weighted by Crippen LogP contribution is 2.30. The molecule has 7 nitrogen and oxygen atoms in total. The third-order valence-corrected chi connectivity index (χ3v) is 6.14. The number of benzene rings is 2. The second kappa shape index (κ2) is 10.8. The van der Waals surface area contributed by atoms with Gasteiger partial charge in [0.1, 0.15) is 18.1 Å². The summed E-state index contributed by atoms with van der Waals surface area (Å²) < 4.78 is 35.0. The van der Waals surface area contributed by atoms with Crippen molar-refractivity contribution in [2.75, 3.05) is 32.0 Å². The zero-order chi connectivity index (χ0) is 24.9. The van der Waals surface area contributed by atoms with E-state index < -0.39 is 11.6 Å². The zero-order valence-electron chi connectivity index (χ0n) is 19.9. The zero-order valence-corrected chi connectivity index (χ0v) is 19.9. The van der Waals surface area contributed by atoms with Crippen LogP contribution in [0.3, 0.4) is 0 Å². The van der Waals surface area contributed by atoms with E-state index in [2.05, 4.69) is 20.3 Å². The van der Waals surface area contributed by atoms with Gasteiger partial charge in [-0.05, 0) is 69.1 Å². The molecule has 2 aromatic carbocycles. The molecule has 1 aliphatic heterocycles. The highest BCUT2D eigenvalue weighted by molar-refractivity contribution is 6.04. The highest BCUT2D eigenvalue weighted by atomic mass is 19.2. The quantitative estimate of drug-likeness (QED) is 0.202. The molecule has 0 unspecified atom stereocenters. The molecule has 3 aromatic rings. The Morgan fingerprint density at radius 3 is 2.63 bits per heavy atom. The number of nitrogens with one attached hydrogen (secondary N) is 1. The summed E-state index contributed by atoms with van der Waals surface area (Å²) in [5.74, 6) is 3.53. The van der Waals surface area contributed by atoms with Gasteiger partial charge in [0.05, 0.1) is 5.56 Å². The predicted molar refractivity (Wildman–Crippen MR) is 135 cm³/mol. The van der Waals surface area contributed by atoms with Gasteiger partial charge in [0.2, 0.25) is 5.82 Å². The first-order valence-electron chi connectivity index (χ1n) is 11.6. The number of nitrogen functional groups attached to an aromatic ring is 1. The molecule has 1 fully saturated rings. The number of amidine groups is 1. The van der Waals surface area contributed by atoms with Crippen LogP contribution >= 0.6 is 0 Å². The fourth-order valence-corrected chi connectivity index (χ4v) is 4.16. The summed E-state index contributed by atoms with van der Waals surface area (Å²) in [6.45, 7) is 6.96. The van der Waals surface area contributed by atoms with Crippen LogP contribution in [0.2, 0.25) is 0 Å². The lowest BCUT2D eigenvalue weighted by Crippen LogP contribution is -2.32. The maximum Gasteiger partial charge on any atom is 0.202 e. The van der Waals surface area contributed by atoms with Gasteiger partial charge in [-0.25, -0.2) is 20.2 Å². The number of anilines is 1. The Kier molecular flexibility index (Phi) is 7.57. The van der Waals surface area contributed by atoms with Crippen molar-refractivity contribution in [3.8, 4) is 16.9 Å². The van der Waals surface area contributed by atoms with Gasteiger partial charge in [-0.3, -0.25) is 4.90 Å². The molecule has 0 spiro atoms. The Labute approximate surface area is 203 Å². The minimum atomic E-state index is -1.13. The summed E-state index contributed by atoms with van der Waals surface area (Å²) in [4.78, 5) is 10.7. The van der Waals surface area contributed by atoms with Crippen LogP contribution in [0.25, 0.3) is 11.1 Å². The number of ether oxygens (including phenoxy) is 1. The molecular formula is C26H30F2N6O. The molecule has 0 aliphatic carbocycles. The van der Waals surface area contributed by atoms with Crippen LogP contribution in [0, 0.1) is 25.5 Å². The van der Waals surface area contributed by atoms with Crippen LogP contribution in [0.1, 0.15) is 29.5 Å². The normalized spacial score (nSPS) is 14.4. The van der Waals surface area contributed by atoms with E-state index in [9.17, 15) is 8.78 Å². The second-order valence-electron chi connectivity index (χ2n) is 8.69. The molecule has 184 valence electrons. The molecule has 0 radical (unpaired) electrons. The number of halogens is 2. The van der Waals surface area contributed by atoms with Gasteiger partial charge in [0.15, 0.2) is 17.4 Å². The first kappa shape index (κ1) is 24.6. The van der Waals surface area contributed by atoms with E-state index in [4.69, 9.17) is 16.3 Å². The van der Waals surface area contributed by atoms with Gasteiger partial charge in [0.25, 0.3) is 0 Å². The van der Waals surface area contributed by atoms with E-state index in [0.29, 0.717) is 12.1 Å². The maximum atomic E-state index is 14.9. The smallest absolute Gasteiger partial charge is 0.202 e. The van der Waals surface area contributed by atoms with Crippen LogP contribution in [-0.2, 0) is 0 Å². The molecule has 1 aliphatic rings. The number of hydrazine groups is 1. The number of aliphatic imine (C=N–C) groups is 1. The summed E-state index contributed by atoms with van der Waals surface area (Å²) in [6.07, 6.45) is 3.96. The third kappa shape index (κ3) is 5.58. The van der Waals surface area contributed by atoms with Gasteiger partial charge >= 0.3 is 0 Å². The molecule has 2 heterocycles. The van der Waals surface area contributed by atoms with Crippen molar-refractivity contribution in [1.82, 2.24) is 15.3 Å². The maximum absolute atomic E-state index is 14.9. The van der Waals surface area contributed by atoms with E-state index in [1.54, 1.807) is 12.3 Å². The summed E-state index contributed by atoms with van der Waals surface area (Å²) >= 11 is 0. The highest BCUT2D eigenvalue weighted by Gasteiger charge is 2.18. The lowest BCUT2D eigenvalue weighted by Gasteiger charge is -2.15. The molecule has 1 saturated heterocycles. The van der Waals surface area contributed by atoms with Gasteiger partial charge in [0, 0.05) is 18.3 Å². The Morgan fingerprint density at radius 2 is 1.89 bits per heavy atom. The van der Waals surface area contributed by atoms with Gasteiger partial charge in [-0.2, -0.15) is 4.39 Å². The minimum absolute atomic E-state index is 0.0585. The van der Waals surface area contributed by atoms with E-state index in [1.165, 1.54) is 12.1 Å². The topological polar surface area (TPSA) is 102 Å². The molecule has 0 atom stereocenters. The Bertz CT molecular complexity index is 1240. The monoisotopic (exact) mass is 480 g/mol. The molecule has 35 heavy (non-hydrogen) atoms. The molecule has 0 amide bonds. The van der Waals surface area contributed by atoms with E-state index in [0.717, 1.165) is 48.2 Å². The minimum Gasteiger partial charge on any atom is -0.489 e. The largest absolute Gasteiger partial charge is 0.489 e. The summed E-state index contributed by atoms with van der Waals surface area (Å²) in [6, 6.07) is 10.6. The number of likely N-dealkylation sites (tertiary alicyclic amines) is 1. The number of rotatable bonds is 7. The number of hydrogen-bond donors (Lipinski definition) is 3. The Balaban J connectivity index is 1.60. The number of aryl methyl sites for hydroxylation is 2. The number of pyridine rings is 1. The number of aromatic nitrogens is 1. The molecule has 0 bridgehead atoms. The Morgan fingerprint density at radius 1 is 1.11 bits per heavy atom. The van der Waals surface area contributed by atoms with Crippen molar-refractivity contribution >= 4 is 17.3 Å². The summed E-state index contributed by atoms with van der Waals surface area (Å²) in [7, 11) is 0. The fraction of sp³-hybridized carbons (Fsp3) is 0.308. The van der Waals surface area contributed by atoms with E-state index in [1.807, 2.05) is 32.0 Å². The molecule has 1 aromatic heterocycles. The van der Waals surface area contributed by atoms with E-state index in [-0.39, 0.29) is 29.7 Å².